The van der Waals surface area contributed by atoms with Crippen molar-refractivity contribution in [2.45, 2.75) is 31.7 Å². The molecule has 0 aliphatic heterocycles. The molecule has 0 saturated heterocycles. The number of thiophene rings is 1. The van der Waals surface area contributed by atoms with Crippen LogP contribution in [0.15, 0.2) is 16.8 Å². The van der Waals surface area contributed by atoms with Gasteiger partial charge in [-0.3, -0.25) is 9.89 Å². The van der Waals surface area contributed by atoms with E-state index < -0.39 is 0 Å². The van der Waals surface area contributed by atoms with Crippen LogP contribution in [-0.2, 0) is 0 Å². The Morgan fingerprint density at radius 2 is 2.42 bits per heavy atom. The van der Waals surface area contributed by atoms with Gasteiger partial charge in [-0.15, -0.1) is 0 Å². The van der Waals surface area contributed by atoms with Gasteiger partial charge in [0.2, 0.25) is 0 Å². The summed E-state index contributed by atoms with van der Waals surface area (Å²) >= 11 is 1.61. The first-order valence-corrected chi connectivity index (χ1v) is 7.27. The monoisotopic (exact) mass is 276 g/mol. The number of rotatable bonds is 4. The number of nitrogens with zero attached hydrogens (tertiary/aromatic N) is 1. The number of H-pyrrole nitrogens is 1. The largest absolute Gasteiger partial charge is 0.395 e. The van der Waals surface area contributed by atoms with Crippen molar-refractivity contribution < 1.29 is 4.79 Å². The van der Waals surface area contributed by atoms with Gasteiger partial charge >= 0.3 is 0 Å². The highest BCUT2D eigenvalue weighted by Crippen LogP contribution is 2.42. The molecule has 100 valence electrons. The molecule has 6 heteroatoms. The van der Waals surface area contributed by atoms with E-state index in [1.54, 1.807) is 11.3 Å². The van der Waals surface area contributed by atoms with Crippen molar-refractivity contribution in [2.75, 3.05) is 5.73 Å². The zero-order valence-corrected chi connectivity index (χ0v) is 11.5. The lowest BCUT2D eigenvalue weighted by Gasteiger charge is -2.11. The van der Waals surface area contributed by atoms with Gasteiger partial charge in [0, 0.05) is 5.92 Å². The molecule has 1 atom stereocenters. The molecule has 4 N–H and O–H groups in total. The molecule has 2 aromatic rings. The number of nitrogen functional groups attached to an aromatic ring is 1. The summed E-state index contributed by atoms with van der Waals surface area (Å²) < 4.78 is 0. The van der Waals surface area contributed by atoms with Gasteiger partial charge in [-0.2, -0.15) is 16.4 Å². The summed E-state index contributed by atoms with van der Waals surface area (Å²) in [5.74, 6) is 0.239. The Labute approximate surface area is 115 Å². The number of hydrogen-bond acceptors (Lipinski definition) is 4. The normalized spacial score (nSPS) is 16.3. The molecule has 1 aliphatic rings. The first kappa shape index (κ1) is 12.2. The van der Waals surface area contributed by atoms with E-state index in [-0.39, 0.29) is 11.9 Å². The van der Waals surface area contributed by atoms with Crippen molar-refractivity contribution in [1.82, 2.24) is 15.5 Å². The van der Waals surface area contributed by atoms with E-state index >= 15 is 0 Å². The van der Waals surface area contributed by atoms with Gasteiger partial charge in [0.15, 0.2) is 5.69 Å². The van der Waals surface area contributed by atoms with E-state index in [0.717, 1.165) is 24.1 Å². The van der Waals surface area contributed by atoms with Gasteiger partial charge in [-0.1, -0.05) is 0 Å². The highest BCUT2D eigenvalue weighted by atomic mass is 32.1. The molecular weight excluding hydrogens is 260 g/mol. The van der Waals surface area contributed by atoms with Gasteiger partial charge in [0.25, 0.3) is 5.91 Å². The summed E-state index contributed by atoms with van der Waals surface area (Å²) in [6.07, 6.45) is 2.25. The number of hydrogen-bond donors (Lipinski definition) is 3. The highest BCUT2D eigenvalue weighted by Gasteiger charge is 2.30. The van der Waals surface area contributed by atoms with E-state index in [4.69, 9.17) is 5.73 Å². The molecule has 2 heterocycles. The van der Waals surface area contributed by atoms with E-state index in [2.05, 4.69) is 15.5 Å². The topological polar surface area (TPSA) is 83.8 Å². The van der Waals surface area contributed by atoms with Gasteiger partial charge in [-0.25, -0.2) is 0 Å². The lowest BCUT2D eigenvalue weighted by Crippen LogP contribution is -2.27. The van der Waals surface area contributed by atoms with Crippen molar-refractivity contribution in [3.8, 4) is 0 Å². The van der Waals surface area contributed by atoms with Crippen LogP contribution >= 0.6 is 11.3 Å². The summed E-state index contributed by atoms with van der Waals surface area (Å²) in [5.41, 5.74) is 8.80. The molecule has 19 heavy (non-hydrogen) atoms. The molecule has 5 nitrogen and oxygen atoms in total. The number of amides is 1. The molecule has 0 bridgehead atoms. The van der Waals surface area contributed by atoms with Crippen molar-refractivity contribution in [3.63, 3.8) is 0 Å². The summed E-state index contributed by atoms with van der Waals surface area (Å²) in [5, 5.41) is 13.9. The first-order chi connectivity index (χ1) is 9.16. The summed E-state index contributed by atoms with van der Waals surface area (Å²) in [7, 11) is 0. The van der Waals surface area contributed by atoms with Crippen LogP contribution < -0.4 is 11.1 Å². The zero-order chi connectivity index (χ0) is 13.4. The fourth-order valence-corrected chi connectivity index (χ4v) is 2.84. The fraction of sp³-hybridized carbons (Fsp3) is 0.385. The second-order valence-electron chi connectivity index (χ2n) is 4.93. The van der Waals surface area contributed by atoms with E-state index in [1.807, 2.05) is 23.8 Å². The molecule has 2 aromatic heterocycles. The summed E-state index contributed by atoms with van der Waals surface area (Å²) in [6.45, 7) is 1.95. The second kappa shape index (κ2) is 4.70. The van der Waals surface area contributed by atoms with Crippen molar-refractivity contribution >= 4 is 22.9 Å². The Morgan fingerprint density at radius 3 is 3.05 bits per heavy atom. The summed E-state index contributed by atoms with van der Waals surface area (Å²) in [4.78, 5) is 12.2. The number of nitrogens with one attached hydrogen (secondary N) is 2. The maximum atomic E-state index is 12.2. The fourth-order valence-electron chi connectivity index (χ4n) is 2.09. The van der Waals surface area contributed by atoms with Gasteiger partial charge < -0.3 is 11.1 Å². The van der Waals surface area contributed by atoms with Crippen LogP contribution in [0.5, 0.6) is 0 Å². The Kier molecular flexibility index (Phi) is 3.02. The predicted octanol–water partition coefficient (Wildman–Crippen LogP) is 2.42. The van der Waals surface area contributed by atoms with Crippen molar-refractivity contribution in [1.29, 1.82) is 0 Å². The van der Waals surface area contributed by atoms with Crippen LogP contribution in [0, 0.1) is 0 Å². The van der Waals surface area contributed by atoms with Crippen LogP contribution in [-0.4, -0.2) is 16.1 Å². The molecular formula is C13H16N4OS. The number of aromatic nitrogens is 2. The molecule has 1 fully saturated rings. The van der Waals surface area contributed by atoms with Gasteiger partial charge in [-0.05, 0) is 42.2 Å². The maximum Gasteiger partial charge on any atom is 0.274 e. The van der Waals surface area contributed by atoms with Gasteiger partial charge in [0.05, 0.1) is 17.4 Å². The quantitative estimate of drug-likeness (QED) is 0.802. The molecule has 0 aromatic carbocycles. The van der Waals surface area contributed by atoms with Crippen LogP contribution in [0.3, 0.4) is 0 Å². The Bertz CT molecular complexity index is 586. The molecule has 1 amide bonds. The predicted molar refractivity (Wildman–Crippen MR) is 75.2 cm³/mol. The van der Waals surface area contributed by atoms with Crippen LogP contribution in [0.1, 0.15) is 53.5 Å². The molecule has 0 spiro atoms. The Morgan fingerprint density at radius 1 is 1.63 bits per heavy atom. The third-order valence-electron chi connectivity index (χ3n) is 3.42. The number of anilines is 1. The number of aromatic amines is 1. The van der Waals surface area contributed by atoms with Crippen LogP contribution in [0.4, 0.5) is 5.69 Å². The lowest BCUT2D eigenvalue weighted by molar-refractivity contribution is 0.0936. The molecule has 1 unspecified atom stereocenters. The van der Waals surface area contributed by atoms with Crippen molar-refractivity contribution in [3.05, 3.63) is 33.8 Å². The third-order valence-corrected chi connectivity index (χ3v) is 4.13. The third kappa shape index (κ3) is 2.35. The second-order valence-corrected chi connectivity index (χ2v) is 5.71. The average molecular weight is 276 g/mol. The minimum Gasteiger partial charge on any atom is -0.395 e. The standard InChI is InChI=1S/C13H16N4OS/c1-7(9-4-5-19-6-9)15-13(18)12-10(14)11(16-17-12)8-2-3-8/h4-8H,2-3,14H2,1H3,(H,15,18)(H,16,17). The SMILES string of the molecule is CC(NC(=O)c1n[nH]c(C2CC2)c1N)c1ccsc1. The average Bonchev–Trinajstić information content (AvgIpc) is 2.92. The molecule has 1 saturated carbocycles. The minimum absolute atomic E-state index is 0.0424. The first-order valence-electron chi connectivity index (χ1n) is 6.33. The van der Waals surface area contributed by atoms with Crippen LogP contribution in [0.25, 0.3) is 0 Å². The highest BCUT2D eigenvalue weighted by molar-refractivity contribution is 7.07. The molecule has 1 aliphatic carbocycles. The molecule has 0 radical (unpaired) electrons. The number of carbonyl (C=O) groups excluding carboxylic acids is 1. The lowest BCUT2D eigenvalue weighted by atomic mass is 10.1. The number of carbonyl (C=O) groups is 1. The van der Waals surface area contributed by atoms with Crippen LogP contribution in [0.2, 0.25) is 0 Å². The Balaban J connectivity index is 1.73. The van der Waals surface area contributed by atoms with Crippen molar-refractivity contribution in [2.24, 2.45) is 0 Å². The minimum atomic E-state index is -0.223. The molecule has 3 rings (SSSR count). The maximum absolute atomic E-state index is 12.2. The Hall–Kier alpha value is -1.82. The van der Waals surface area contributed by atoms with E-state index in [1.165, 1.54) is 0 Å². The smallest absolute Gasteiger partial charge is 0.274 e. The number of nitrogens with two attached hydrogens (primary N) is 1. The summed E-state index contributed by atoms with van der Waals surface area (Å²) in [6, 6.07) is 1.96. The zero-order valence-electron chi connectivity index (χ0n) is 10.6. The van der Waals surface area contributed by atoms with E-state index in [0.29, 0.717) is 17.3 Å². The van der Waals surface area contributed by atoms with Gasteiger partial charge in [0.1, 0.15) is 0 Å². The van der Waals surface area contributed by atoms with E-state index in [9.17, 15) is 4.79 Å².